The Balaban J connectivity index is 2.53. The number of methoxy groups -OCH3 is 1. The van der Waals surface area contributed by atoms with Crippen molar-refractivity contribution in [3.63, 3.8) is 0 Å². The van der Waals surface area contributed by atoms with Crippen LogP contribution in [0.1, 0.15) is 23.5 Å². The number of thiophene rings is 1. The van der Waals surface area contributed by atoms with Crippen LogP contribution in [-0.4, -0.2) is 19.2 Å². The minimum absolute atomic E-state index is 0.0935. The number of carbonyl (C=O) groups excluding carboxylic acids is 1. The Hall–Kier alpha value is -1.33. The molecule has 0 saturated carbocycles. The number of esters is 1. The average Bonchev–Trinajstić information content (AvgIpc) is 2.64. The fraction of sp³-hybridized carbons (Fsp3) is 0.308. The van der Waals surface area contributed by atoms with Gasteiger partial charge in [-0.2, -0.15) is 0 Å². The van der Waals surface area contributed by atoms with Gasteiger partial charge in [0.2, 0.25) is 0 Å². The van der Waals surface area contributed by atoms with E-state index in [-0.39, 0.29) is 21.8 Å². The first-order valence-corrected chi connectivity index (χ1v) is 6.80. The van der Waals surface area contributed by atoms with E-state index in [0.29, 0.717) is 10.1 Å². The molecule has 19 heavy (non-hydrogen) atoms. The lowest BCUT2D eigenvalue weighted by Gasteiger charge is -2.06. The van der Waals surface area contributed by atoms with Crippen molar-refractivity contribution in [1.82, 2.24) is 0 Å². The van der Waals surface area contributed by atoms with Gasteiger partial charge >= 0.3 is 5.97 Å². The summed E-state index contributed by atoms with van der Waals surface area (Å²) in [7, 11) is 1.37. The summed E-state index contributed by atoms with van der Waals surface area (Å²) in [5.74, 6) is -0.895. The fourth-order valence-corrected chi connectivity index (χ4v) is 3.01. The summed E-state index contributed by atoms with van der Waals surface area (Å²) in [6.45, 7) is 3.50. The summed E-state index contributed by atoms with van der Waals surface area (Å²) in [6, 6.07) is 2.78. The second-order valence-corrected chi connectivity index (χ2v) is 5.61. The first-order valence-electron chi connectivity index (χ1n) is 5.60. The Morgan fingerprint density at radius 3 is 2.68 bits per heavy atom. The number of rotatable bonds is 3. The maximum atomic E-state index is 13.6. The van der Waals surface area contributed by atoms with Crippen LogP contribution in [0.15, 0.2) is 12.1 Å². The summed E-state index contributed by atoms with van der Waals surface area (Å²) < 4.78 is 24.2. The maximum Gasteiger partial charge on any atom is 0.350 e. The van der Waals surface area contributed by atoms with Gasteiger partial charge < -0.3 is 9.47 Å². The molecule has 0 atom stereocenters. The molecule has 2 aromatic rings. The highest BCUT2D eigenvalue weighted by molar-refractivity contribution is 7.21. The van der Waals surface area contributed by atoms with Gasteiger partial charge in [-0.3, -0.25) is 0 Å². The Morgan fingerprint density at radius 1 is 1.42 bits per heavy atom. The smallest absolute Gasteiger partial charge is 0.350 e. The van der Waals surface area contributed by atoms with Crippen molar-refractivity contribution < 1.29 is 18.7 Å². The summed E-state index contributed by atoms with van der Waals surface area (Å²) >= 11 is 7.25. The van der Waals surface area contributed by atoms with Crippen molar-refractivity contribution in [3.05, 3.63) is 27.8 Å². The van der Waals surface area contributed by atoms with Gasteiger partial charge in [-0.05, 0) is 26.0 Å². The van der Waals surface area contributed by atoms with Crippen LogP contribution >= 0.6 is 22.9 Å². The molecule has 0 radical (unpaired) electrons. The van der Waals surface area contributed by atoms with Crippen LogP contribution in [0.5, 0.6) is 5.75 Å². The van der Waals surface area contributed by atoms with Gasteiger partial charge in [0.15, 0.2) is 11.6 Å². The topological polar surface area (TPSA) is 35.5 Å². The van der Waals surface area contributed by atoms with Gasteiger partial charge in [0.1, 0.15) is 4.88 Å². The maximum absolute atomic E-state index is 13.6. The van der Waals surface area contributed by atoms with Gasteiger partial charge in [0.25, 0.3) is 0 Å². The molecule has 102 valence electrons. The van der Waals surface area contributed by atoms with Crippen molar-refractivity contribution in [2.75, 3.05) is 7.11 Å². The van der Waals surface area contributed by atoms with Crippen LogP contribution in [0.25, 0.3) is 10.1 Å². The van der Waals surface area contributed by atoms with Crippen LogP contribution < -0.4 is 4.74 Å². The molecule has 1 aromatic carbocycles. The SMILES string of the molecule is COc1cc2c(Cl)c(C(=O)OC(C)C)sc2cc1F. The van der Waals surface area contributed by atoms with E-state index >= 15 is 0 Å². The van der Waals surface area contributed by atoms with E-state index in [9.17, 15) is 9.18 Å². The van der Waals surface area contributed by atoms with Crippen molar-refractivity contribution in [3.8, 4) is 5.75 Å². The summed E-state index contributed by atoms with van der Waals surface area (Å²) in [6.07, 6.45) is -0.236. The number of halogens is 2. The molecule has 0 N–H and O–H groups in total. The Labute approximate surface area is 118 Å². The standard InChI is InChI=1S/C13H12ClFO3S/c1-6(2)18-13(16)12-11(14)7-4-9(17-3)8(15)5-10(7)19-12/h4-6H,1-3H3. The summed E-state index contributed by atoms with van der Waals surface area (Å²) in [5, 5.41) is 0.851. The molecule has 0 bridgehead atoms. The molecule has 3 nitrogen and oxygen atoms in total. The van der Waals surface area contributed by atoms with Crippen LogP contribution in [0.2, 0.25) is 5.02 Å². The molecule has 1 aromatic heterocycles. The van der Waals surface area contributed by atoms with Crippen LogP contribution in [-0.2, 0) is 4.74 Å². The molecule has 0 unspecified atom stereocenters. The molecule has 6 heteroatoms. The zero-order valence-electron chi connectivity index (χ0n) is 10.6. The summed E-state index contributed by atoms with van der Waals surface area (Å²) in [5.41, 5.74) is 0. The molecule has 0 spiro atoms. The second-order valence-electron chi connectivity index (χ2n) is 4.18. The van der Waals surface area contributed by atoms with Crippen molar-refractivity contribution in [2.45, 2.75) is 20.0 Å². The van der Waals surface area contributed by atoms with Crippen LogP contribution in [0, 0.1) is 5.82 Å². The number of carbonyl (C=O) groups is 1. The molecule has 0 amide bonds. The van der Waals surface area contributed by atoms with Crippen LogP contribution in [0.4, 0.5) is 4.39 Å². The van der Waals surface area contributed by atoms with Crippen molar-refractivity contribution >= 4 is 39.0 Å². The van der Waals surface area contributed by atoms with E-state index in [4.69, 9.17) is 21.1 Å². The molecule has 1 heterocycles. The lowest BCUT2D eigenvalue weighted by molar-refractivity contribution is 0.0384. The lowest BCUT2D eigenvalue weighted by atomic mass is 10.2. The number of benzene rings is 1. The third-order valence-corrected chi connectivity index (χ3v) is 4.07. The number of hydrogen-bond acceptors (Lipinski definition) is 4. The zero-order chi connectivity index (χ0) is 14.2. The summed E-state index contributed by atoms with van der Waals surface area (Å²) in [4.78, 5) is 12.1. The number of hydrogen-bond donors (Lipinski definition) is 0. The molecule has 0 aliphatic heterocycles. The van der Waals surface area contributed by atoms with E-state index in [0.717, 1.165) is 11.3 Å². The van der Waals surface area contributed by atoms with E-state index < -0.39 is 11.8 Å². The normalized spacial score (nSPS) is 11.1. The predicted molar refractivity (Wildman–Crippen MR) is 73.9 cm³/mol. The van der Waals surface area contributed by atoms with E-state index in [2.05, 4.69) is 0 Å². The molecular formula is C13H12ClFO3S. The Bertz CT molecular complexity index is 636. The molecule has 2 rings (SSSR count). The minimum Gasteiger partial charge on any atom is -0.494 e. The second kappa shape index (κ2) is 5.35. The fourth-order valence-electron chi connectivity index (χ4n) is 1.62. The zero-order valence-corrected chi connectivity index (χ0v) is 12.2. The first-order chi connectivity index (χ1) is 8.93. The highest BCUT2D eigenvalue weighted by Crippen LogP contribution is 2.38. The van der Waals surface area contributed by atoms with Gasteiger partial charge in [0.05, 0.1) is 18.2 Å². The average molecular weight is 303 g/mol. The first kappa shape index (κ1) is 14.1. The van der Waals surface area contributed by atoms with Crippen molar-refractivity contribution in [2.24, 2.45) is 0 Å². The van der Waals surface area contributed by atoms with Gasteiger partial charge in [-0.15, -0.1) is 11.3 Å². The molecule has 0 aliphatic carbocycles. The largest absolute Gasteiger partial charge is 0.494 e. The van der Waals surface area contributed by atoms with E-state index in [1.807, 2.05) is 0 Å². The molecule has 0 fully saturated rings. The third-order valence-electron chi connectivity index (χ3n) is 2.43. The highest BCUT2D eigenvalue weighted by atomic mass is 35.5. The van der Waals surface area contributed by atoms with Gasteiger partial charge in [-0.1, -0.05) is 11.6 Å². The quantitative estimate of drug-likeness (QED) is 0.794. The third kappa shape index (κ3) is 2.67. The lowest BCUT2D eigenvalue weighted by Crippen LogP contribution is -2.10. The Kier molecular flexibility index (Phi) is 3.96. The predicted octanol–water partition coefficient (Wildman–Crippen LogP) is 4.27. The van der Waals surface area contributed by atoms with Crippen molar-refractivity contribution in [1.29, 1.82) is 0 Å². The van der Waals surface area contributed by atoms with E-state index in [1.54, 1.807) is 13.8 Å². The monoisotopic (exact) mass is 302 g/mol. The number of fused-ring (bicyclic) bond motifs is 1. The molecular weight excluding hydrogens is 291 g/mol. The van der Waals surface area contributed by atoms with Gasteiger partial charge in [-0.25, -0.2) is 9.18 Å². The van der Waals surface area contributed by atoms with Gasteiger partial charge in [0, 0.05) is 10.1 Å². The minimum atomic E-state index is -0.499. The molecule has 0 saturated heterocycles. The van der Waals surface area contributed by atoms with Crippen LogP contribution in [0.3, 0.4) is 0 Å². The molecule has 0 aliphatic rings. The van der Waals surface area contributed by atoms with E-state index in [1.165, 1.54) is 19.2 Å². The Morgan fingerprint density at radius 2 is 2.11 bits per heavy atom. The highest BCUT2D eigenvalue weighted by Gasteiger charge is 2.21. The number of ether oxygens (including phenoxy) is 2.